The smallest absolute Gasteiger partial charge is 0.181 e. The summed E-state index contributed by atoms with van der Waals surface area (Å²) in [5.41, 5.74) is 9.39. The summed E-state index contributed by atoms with van der Waals surface area (Å²) in [4.78, 5) is 4.57. The van der Waals surface area contributed by atoms with Crippen LogP contribution in [0.5, 0.6) is 11.5 Å². The second-order valence-corrected chi connectivity index (χ2v) is 5.96. The highest BCUT2D eigenvalue weighted by atomic mass is 16.5. The summed E-state index contributed by atoms with van der Waals surface area (Å²) in [7, 11) is 0. The largest absolute Gasteiger partial charge is 0.490 e. The number of aromatic amines is 1. The van der Waals surface area contributed by atoms with E-state index in [0.29, 0.717) is 36.4 Å². The Labute approximate surface area is 153 Å². The van der Waals surface area contributed by atoms with Crippen LogP contribution in [0.4, 0.5) is 0 Å². The second-order valence-electron chi connectivity index (χ2n) is 5.96. The van der Waals surface area contributed by atoms with Crippen LogP contribution in [0.3, 0.4) is 0 Å². The number of hydrogen-bond acceptors (Lipinski definition) is 5. The van der Waals surface area contributed by atoms with Crippen molar-refractivity contribution in [3.05, 3.63) is 59.4 Å². The highest BCUT2D eigenvalue weighted by Gasteiger charge is 2.17. The number of H-pyrrole nitrogens is 1. The standard InChI is InChI=1S/C20H24N4O2/c1-4-25-16-10-9-14(12-17(16)26-5-2)18(21)20-22-19(23-24-20)15-8-6-7-13(3)11-15/h6-12,18H,4-5,21H2,1-3H3,(H,22,23,24)/t18-/m1/s1. The fourth-order valence-electron chi connectivity index (χ4n) is 2.75. The molecule has 0 aliphatic rings. The zero-order valence-electron chi connectivity index (χ0n) is 15.3. The van der Waals surface area contributed by atoms with Crippen molar-refractivity contribution in [2.75, 3.05) is 13.2 Å². The molecule has 0 aliphatic carbocycles. The molecule has 0 unspecified atom stereocenters. The first-order valence-corrected chi connectivity index (χ1v) is 8.76. The van der Waals surface area contributed by atoms with E-state index in [1.165, 1.54) is 0 Å². The lowest BCUT2D eigenvalue weighted by atomic mass is 10.1. The molecule has 3 rings (SSSR count). The maximum atomic E-state index is 6.40. The van der Waals surface area contributed by atoms with Crippen LogP contribution in [-0.4, -0.2) is 28.4 Å². The number of nitrogens with zero attached hydrogens (tertiary/aromatic N) is 2. The Morgan fingerprint density at radius 3 is 2.54 bits per heavy atom. The summed E-state index contributed by atoms with van der Waals surface area (Å²) in [6, 6.07) is 13.3. The molecule has 0 spiro atoms. The summed E-state index contributed by atoms with van der Waals surface area (Å²) in [6.07, 6.45) is 0. The Hall–Kier alpha value is -2.86. The maximum absolute atomic E-state index is 6.40. The number of aromatic nitrogens is 3. The van der Waals surface area contributed by atoms with Gasteiger partial charge in [0.25, 0.3) is 0 Å². The van der Waals surface area contributed by atoms with E-state index in [4.69, 9.17) is 15.2 Å². The number of hydrogen-bond donors (Lipinski definition) is 2. The first-order chi connectivity index (χ1) is 12.6. The van der Waals surface area contributed by atoms with Crippen molar-refractivity contribution in [1.29, 1.82) is 0 Å². The van der Waals surface area contributed by atoms with E-state index in [2.05, 4.69) is 15.2 Å². The van der Waals surface area contributed by atoms with E-state index >= 15 is 0 Å². The monoisotopic (exact) mass is 352 g/mol. The summed E-state index contributed by atoms with van der Waals surface area (Å²) in [5.74, 6) is 2.63. The molecule has 3 aromatic rings. The Morgan fingerprint density at radius 2 is 1.81 bits per heavy atom. The van der Waals surface area contributed by atoms with Gasteiger partial charge in [-0.3, -0.25) is 5.10 Å². The molecule has 3 N–H and O–H groups in total. The van der Waals surface area contributed by atoms with Gasteiger partial charge in [0.05, 0.1) is 19.3 Å². The van der Waals surface area contributed by atoms with Gasteiger partial charge in [-0.15, -0.1) is 0 Å². The minimum atomic E-state index is -0.434. The van der Waals surface area contributed by atoms with Gasteiger partial charge < -0.3 is 15.2 Å². The molecule has 0 radical (unpaired) electrons. The molecule has 1 heterocycles. The molecular formula is C20H24N4O2. The van der Waals surface area contributed by atoms with Crippen molar-refractivity contribution >= 4 is 0 Å². The van der Waals surface area contributed by atoms with Crippen molar-refractivity contribution in [3.8, 4) is 22.9 Å². The first-order valence-electron chi connectivity index (χ1n) is 8.76. The molecular weight excluding hydrogens is 328 g/mol. The molecule has 26 heavy (non-hydrogen) atoms. The Morgan fingerprint density at radius 1 is 1.04 bits per heavy atom. The van der Waals surface area contributed by atoms with Crippen LogP contribution in [0.25, 0.3) is 11.4 Å². The summed E-state index contributed by atoms with van der Waals surface area (Å²) < 4.78 is 11.3. The quantitative estimate of drug-likeness (QED) is 0.678. The predicted octanol–water partition coefficient (Wildman–Crippen LogP) is 3.63. The molecule has 0 saturated carbocycles. The van der Waals surface area contributed by atoms with Crippen LogP contribution in [0, 0.1) is 6.92 Å². The summed E-state index contributed by atoms with van der Waals surface area (Å²) in [5, 5.41) is 7.26. The first kappa shape index (κ1) is 17.9. The fraction of sp³-hybridized carbons (Fsp3) is 0.300. The third-order valence-electron chi connectivity index (χ3n) is 4.00. The molecule has 2 aromatic carbocycles. The summed E-state index contributed by atoms with van der Waals surface area (Å²) >= 11 is 0. The van der Waals surface area contributed by atoms with E-state index < -0.39 is 6.04 Å². The predicted molar refractivity (Wildman–Crippen MR) is 101 cm³/mol. The molecule has 1 aromatic heterocycles. The number of ether oxygens (including phenoxy) is 2. The average Bonchev–Trinajstić information content (AvgIpc) is 3.13. The molecule has 0 amide bonds. The van der Waals surface area contributed by atoms with Crippen molar-refractivity contribution < 1.29 is 9.47 Å². The lowest BCUT2D eigenvalue weighted by molar-refractivity contribution is 0.287. The van der Waals surface area contributed by atoms with Gasteiger partial charge in [0, 0.05) is 5.56 Å². The van der Waals surface area contributed by atoms with Gasteiger partial charge in [-0.05, 0) is 44.5 Å². The van der Waals surface area contributed by atoms with Crippen LogP contribution < -0.4 is 15.2 Å². The highest BCUT2D eigenvalue weighted by molar-refractivity contribution is 5.55. The van der Waals surface area contributed by atoms with Crippen LogP contribution in [-0.2, 0) is 0 Å². The van der Waals surface area contributed by atoms with Gasteiger partial charge >= 0.3 is 0 Å². The fourth-order valence-corrected chi connectivity index (χ4v) is 2.75. The van der Waals surface area contributed by atoms with E-state index in [-0.39, 0.29) is 0 Å². The van der Waals surface area contributed by atoms with Gasteiger partial charge in [-0.25, -0.2) is 4.98 Å². The molecule has 0 bridgehead atoms. The maximum Gasteiger partial charge on any atom is 0.181 e. The number of benzene rings is 2. The normalized spacial score (nSPS) is 12.0. The van der Waals surface area contributed by atoms with Crippen LogP contribution in [0.1, 0.15) is 36.8 Å². The Balaban J connectivity index is 1.87. The Kier molecular flexibility index (Phi) is 5.53. The number of rotatable bonds is 7. The van der Waals surface area contributed by atoms with Crippen molar-refractivity contribution in [3.63, 3.8) is 0 Å². The summed E-state index contributed by atoms with van der Waals surface area (Å²) in [6.45, 7) is 7.05. The minimum absolute atomic E-state index is 0.434. The van der Waals surface area contributed by atoms with Gasteiger partial charge in [-0.2, -0.15) is 5.10 Å². The molecule has 0 fully saturated rings. The van der Waals surface area contributed by atoms with E-state index in [0.717, 1.165) is 16.7 Å². The van der Waals surface area contributed by atoms with E-state index in [9.17, 15) is 0 Å². The number of nitrogens with one attached hydrogen (secondary N) is 1. The lowest BCUT2D eigenvalue weighted by Crippen LogP contribution is -2.14. The average molecular weight is 352 g/mol. The third-order valence-corrected chi connectivity index (χ3v) is 4.00. The van der Waals surface area contributed by atoms with E-state index in [1.807, 2.05) is 63.2 Å². The van der Waals surface area contributed by atoms with Gasteiger partial charge in [0.15, 0.2) is 17.3 Å². The van der Waals surface area contributed by atoms with Crippen LogP contribution in [0.15, 0.2) is 42.5 Å². The molecule has 6 nitrogen and oxygen atoms in total. The van der Waals surface area contributed by atoms with Crippen LogP contribution >= 0.6 is 0 Å². The topological polar surface area (TPSA) is 86.0 Å². The number of nitrogens with two attached hydrogens (primary N) is 1. The third kappa shape index (κ3) is 3.86. The SMILES string of the molecule is CCOc1ccc([C@@H](N)c2nc(-c3cccc(C)c3)n[nH]2)cc1OCC. The molecule has 6 heteroatoms. The lowest BCUT2D eigenvalue weighted by Gasteiger charge is -2.14. The second kappa shape index (κ2) is 8.01. The van der Waals surface area contributed by atoms with Crippen molar-refractivity contribution in [1.82, 2.24) is 15.2 Å². The zero-order valence-corrected chi connectivity index (χ0v) is 15.3. The number of aryl methyl sites for hydroxylation is 1. The molecule has 136 valence electrons. The molecule has 1 atom stereocenters. The van der Waals surface area contributed by atoms with Crippen molar-refractivity contribution in [2.24, 2.45) is 5.73 Å². The zero-order chi connectivity index (χ0) is 18.5. The van der Waals surface area contributed by atoms with Gasteiger partial charge in [0.2, 0.25) is 0 Å². The Bertz CT molecular complexity index is 876. The van der Waals surface area contributed by atoms with Crippen molar-refractivity contribution in [2.45, 2.75) is 26.8 Å². The molecule has 0 aliphatic heterocycles. The van der Waals surface area contributed by atoms with Gasteiger partial charge in [-0.1, -0.05) is 29.8 Å². The minimum Gasteiger partial charge on any atom is -0.490 e. The highest BCUT2D eigenvalue weighted by Crippen LogP contribution is 2.31. The van der Waals surface area contributed by atoms with Gasteiger partial charge in [0.1, 0.15) is 5.82 Å². The van der Waals surface area contributed by atoms with E-state index in [1.54, 1.807) is 0 Å². The molecule has 0 saturated heterocycles. The van der Waals surface area contributed by atoms with Crippen LogP contribution in [0.2, 0.25) is 0 Å².